The molecule has 0 aliphatic carbocycles. The number of benzene rings is 2. The quantitative estimate of drug-likeness (QED) is 0.702. The van der Waals surface area contributed by atoms with E-state index >= 15 is 0 Å². The second-order valence-corrected chi connectivity index (χ2v) is 7.07. The van der Waals surface area contributed by atoms with Gasteiger partial charge in [0.05, 0.1) is 11.4 Å². The highest BCUT2D eigenvalue weighted by Crippen LogP contribution is 2.26. The van der Waals surface area contributed by atoms with Crippen LogP contribution < -0.4 is 5.56 Å². The van der Waals surface area contributed by atoms with Crippen LogP contribution in [0.2, 0.25) is 5.02 Å². The summed E-state index contributed by atoms with van der Waals surface area (Å²) in [6.45, 7) is 0.683. The summed E-state index contributed by atoms with van der Waals surface area (Å²) in [5, 5.41) is 9.02. The smallest absolute Gasteiger partial charge is 0.281 e. The van der Waals surface area contributed by atoms with Crippen LogP contribution in [0.4, 0.5) is 0 Å². The van der Waals surface area contributed by atoms with Gasteiger partial charge in [-0.25, -0.2) is 0 Å². The van der Waals surface area contributed by atoms with Crippen molar-refractivity contribution in [2.45, 2.75) is 13.1 Å². The van der Waals surface area contributed by atoms with Crippen molar-refractivity contribution in [1.82, 2.24) is 19.7 Å². The first-order valence-electron chi connectivity index (χ1n) is 8.57. The number of fused-ring (bicyclic) bond motifs is 3. The molecule has 0 unspecified atom stereocenters. The summed E-state index contributed by atoms with van der Waals surface area (Å²) in [7, 11) is 3.78. The van der Waals surface area contributed by atoms with Gasteiger partial charge in [-0.2, -0.15) is 0 Å². The van der Waals surface area contributed by atoms with E-state index in [0.717, 1.165) is 22.5 Å². The molecule has 6 nitrogen and oxygen atoms in total. The van der Waals surface area contributed by atoms with E-state index in [4.69, 9.17) is 16.6 Å². The molecule has 0 saturated carbocycles. The average molecular weight is 380 g/mol. The standard InChI is InChI=1S/C20H18ClN5O/c1-25(2)12-16-20(27)26-17-9-8-14(21)10-15(17)19(13-6-4-3-5-7-13)22-11-18(26)24-23-16/h3-10H,11-12H2,1-2H3. The minimum Gasteiger partial charge on any atom is -0.303 e. The normalized spacial score (nSPS) is 13.0. The van der Waals surface area contributed by atoms with Crippen LogP contribution in [0.5, 0.6) is 0 Å². The van der Waals surface area contributed by atoms with Gasteiger partial charge in [0.1, 0.15) is 12.2 Å². The van der Waals surface area contributed by atoms with Crippen molar-refractivity contribution < 1.29 is 0 Å². The lowest BCUT2D eigenvalue weighted by molar-refractivity contribution is 0.390. The summed E-state index contributed by atoms with van der Waals surface area (Å²) in [6, 6.07) is 15.3. The Morgan fingerprint density at radius 1 is 1.11 bits per heavy atom. The maximum atomic E-state index is 13.1. The van der Waals surface area contributed by atoms with E-state index < -0.39 is 0 Å². The number of hydrogen-bond acceptors (Lipinski definition) is 5. The molecule has 2 heterocycles. The fraction of sp³-hybridized carbons (Fsp3) is 0.200. The summed E-state index contributed by atoms with van der Waals surface area (Å²) in [4.78, 5) is 19.8. The number of rotatable bonds is 3. The van der Waals surface area contributed by atoms with E-state index in [-0.39, 0.29) is 12.1 Å². The second kappa shape index (κ2) is 7.06. The van der Waals surface area contributed by atoms with Gasteiger partial charge in [0.2, 0.25) is 0 Å². The van der Waals surface area contributed by atoms with E-state index in [1.54, 1.807) is 10.6 Å². The summed E-state index contributed by atoms with van der Waals surface area (Å²) in [5.41, 5.74) is 3.48. The van der Waals surface area contributed by atoms with E-state index in [1.807, 2.05) is 61.5 Å². The molecule has 3 aromatic rings. The number of aromatic nitrogens is 3. The van der Waals surface area contributed by atoms with Crippen molar-refractivity contribution in [2.75, 3.05) is 14.1 Å². The molecule has 0 saturated heterocycles. The molecular weight excluding hydrogens is 362 g/mol. The zero-order chi connectivity index (χ0) is 19.0. The summed E-state index contributed by atoms with van der Waals surface area (Å²) >= 11 is 6.27. The van der Waals surface area contributed by atoms with E-state index in [1.165, 1.54) is 0 Å². The molecular formula is C20H18ClN5O. The van der Waals surface area contributed by atoms with Crippen LogP contribution in [0.25, 0.3) is 5.69 Å². The monoisotopic (exact) mass is 379 g/mol. The number of aliphatic imine (C=N–C) groups is 1. The highest BCUT2D eigenvalue weighted by atomic mass is 35.5. The molecule has 0 fully saturated rings. The molecule has 0 bridgehead atoms. The topological polar surface area (TPSA) is 63.4 Å². The Bertz CT molecular complexity index is 1090. The average Bonchev–Trinajstić information content (AvgIpc) is 2.81. The van der Waals surface area contributed by atoms with Crippen LogP contribution in [0.1, 0.15) is 22.6 Å². The molecule has 0 amide bonds. The molecule has 136 valence electrons. The molecule has 1 aromatic heterocycles. The van der Waals surface area contributed by atoms with Gasteiger partial charge < -0.3 is 4.90 Å². The van der Waals surface area contributed by atoms with E-state index in [0.29, 0.717) is 23.1 Å². The third-order valence-electron chi connectivity index (χ3n) is 4.34. The van der Waals surface area contributed by atoms with Crippen molar-refractivity contribution >= 4 is 17.3 Å². The van der Waals surface area contributed by atoms with Crippen molar-refractivity contribution in [3.05, 3.63) is 86.6 Å². The van der Waals surface area contributed by atoms with Crippen molar-refractivity contribution in [2.24, 2.45) is 4.99 Å². The van der Waals surface area contributed by atoms with Gasteiger partial charge in [0, 0.05) is 22.7 Å². The van der Waals surface area contributed by atoms with Gasteiger partial charge in [-0.1, -0.05) is 41.9 Å². The number of halogens is 1. The maximum absolute atomic E-state index is 13.1. The van der Waals surface area contributed by atoms with Crippen LogP contribution in [0.15, 0.2) is 58.3 Å². The highest BCUT2D eigenvalue weighted by Gasteiger charge is 2.22. The van der Waals surface area contributed by atoms with E-state index in [9.17, 15) is 4.79 Å². The zero-order valence-electron chi connectivity index (χ0n) is 15.1. The molecule has 27 heavy (non-hydrogen) atoms. The molecule has 1 aliphatic rings. The third kappa shape index (κ3) is 3.29. The zero-order valence-corrected chi connectivity index (χ0v) is 15.8. The van der Waals surface area contributed by atoms with Gasteiger partial charge >= 0.3 is 0 Å². The Balaban J connectivity index is 1.97. The lowest BCUT2D eigenvalue weighted by atomic mass is 10.0. The summed E-state index contributed by atoms with van der Waals surface area (Å²) in [6.07, 6.45) is 0. The first-order chi connectivity index (χ1) is 13.0. The van der Waals surface area contributed by atoms with Gasteiger partial charge in [-0.15, -0.1) is 10.2 Å². The van der Waals surface area contributed by atoms with E-state index in [2.05, 4.69) is 10.2 Å². The van der Waals surface area contributed by atoms with Crippen molar-refractivity contribution in [3.63, 3.8) is 0 Å². The lowest BCUT2D eigenvalue weighted by Crippen LogP contribution is -2.31. The fourth-order valence-corrected chi connectivity index (χ4v) is 3.34. The predicted molar refractivity (Wildman–Crippen MR) is 106 cm³/mol. The van der Waals surface area contributed by atoms with Crippen LogP contribution in [-0.2, 0) is 13.1 Å². The highest BCUT2D eigenvalue weighted by molar-refractivity contribution is 6.31. The van der Waals surface area contributed by atoms with Crippen molar-refractivity contribution in [1.29, 1.82) is 0 Å². The van der Waals surface area contributed by atoms with Gasteiger partial charge in [-0.05, 0) is 32.3 Å². The molecule has 4 rings (SSSR count). The minimum atomic E-state index is -0.179. The third-order valence-corrected chi connectivity index (χ3v) is 4.58. The van der Waals surface area contributed by atoms with Crippen LogP contribution in [0, 0.1) is 0 Å². The van der Waals surface area contributed by atoms with Crippen molar-refractivity contribution in [3.8, 4) is 5.69 Å². The predicted octanol–water partition coefficient (Wildman–Crippen LogP) is 2.69. The second-order valence-electron chi connectivity index (χ2n) is 6.63. The molecule has 7 heteroatoms. The number of nitrogens with zero attached hydrogens (tertiary/aromatic N) is 5. The molecule has 0 atom stereocenters. The Morgan fingerprint density at radius 3 is 2.63 bits per heavy atom. The first kappa shape index (κ1) is 17.6. The first-order valence-corrected chi connectivity index (χ1v) is 8.95. The Kier molecular flexibility index (Phi) is 4.59. The Morgan fingerprint density at radius 2 is 1.89 bits per heavy atom. The SMILES string of the molecule is CN(C)Cc1nnc2n(c1=O)-c1ccc(Cl)cc1C(c1ccccc1)=NC2. The minimum absolute atomic E-state index is 0.179. The van der Waals surface area contributed by atoms with Crippen LogP contribution in [-0.4, -0.2) is 39.5 Å². The Hall–Kier alpha value is -2.83. The summed E-state index contributed by atoms with van der Waals surface area (Å²) < 4.78 is 1.61. The molecule has 0 radical (unpaired) electrons. The lowest BCUT2D eigenvalue weighted by Gasteiger charge is -2.15. The largest absolute Gasteiger partial charge is 0.303 e. The van der Waals surface area contributed by atoms with Crippen LogP contribution >= 0.6 is 11.6 Å². The van der Waals surface area contributed by atoms with Gasteiger partial charge in [0.25, 0.3) is 5.56 Å². The fourth-order valence-electron chi connectivity index (χ4n) is 3.17. The molecule has 0 N–H and O–H groups in total. The molecule has 2 aromatic carbocycles. The Labute approximate surface area is 161 Å². The van der Waals surface area contributed by atoms with Gasteiger partial charge in [-0.3, -0.25) is 14.4 Å². The summed E-state index contributed by atoms with van der Waals surface area (Å²) in [5.74, 6) is 0.511. The van der Waals surface area contributed by atoms with Crippen LogP contribution in [0.3, 0.4) is 0 Å². The number of hydrogen-bond donors (Lipinski definition) is 0. The molecule has 0 spiro atoms. The van der Waals surface area contributed by atoms with Gasteiger partial charge in [0.15, 0.2) is 5.82 Å². The molecule has 1 aliphatic heterocycles. The maximum Gasteiger partial charge on any atom is 0.281 e.